The molecule has 0 aromatic carbocycles. The lowest BCUT2D eigenvalue weighted by atomic mass is 10.0. The number of nitrogens with zero attached hydrogens (tertiary/aromatic N) is 2. The summed E-state index contributed by atoms with van der Waals surface area (Å²) in [6, 6.07) is 0.486. The van der Waals surface area contributed by atoms with Crippen molar-refractivity contribution in [3.8, 4) is 0 Å². The van der Waals surface area contributed by atoms with Crippen molar-refractivity contribution in [1.82, 2.24) is 9.80 Å². The Bertz CT molecular complexity index is 362. The molecule has 2 aliphatic carbocycles. The van der Waals surface area contributed by atoms with E-state index in [0.29, 0.717) is 19.1 Å². The number of rotatable bonds is 7. The molecule has 1 fully saturated rings. The fourth-order valence-electron chi connectivity index (χ4n) is 3.65. The SMILES string of the molecule is CCN(C(=O)CN(CCO)C1CCCC1)C1=CCCCC1. The highest BCUT2D eigenvalue weighted by atomic mass is 16.3. The van der Waals surface area contributed by atoms with Gasteiger partial charge in [0, 0.05) is 24.8 Å². The molecule has 4 nitrogen and oxygen atoms in total. The summed E-state index contributed by atoms with van der Waals surface area (Å²) in [7, 11) is 0. The van der Waals surface area contributed by atoms with Gasteiger partial charge in [0.1, 0.15) is 0 Å². The molecule has 0 aromatic heterocycles. The number of hydrogen-bond acceptors (Lipinski definition) is 3. The topological polar surface area (TPSA) is 43.8 Å². The third-order valence-electron chi connectivity index (χ3n) is 4.80. The van der Waals surface area contributed by atoms with Gasteiger partial charge in [0.25, 0.3) is 0 Å². The Hall–Kier alpha value is -0.870. The molecule has 0 aliphatic heterocycles. The van der Waals surface area contributed by atoms with E-state index in [2.05, 4.69) is 17.9 Å². The number of aliphatic hydroxyl groups is 1. The molecule has 0 atom stereocenters. The smallest absolute Gasteiger partial charge is 0.240 e. The summed E-state index contributed by atoms with van der Waals surface area (Å²) in [5, 5.41) is 9.28. The monoisotopic (exact) mass is 294 g/mol. The number of carbonyl (C=O) groups excluding carboxylic acids is 1. The number of amides is 1. The Balaban J connectivity index is 1.96. The van der Waals surface area contributed by atoms with Gasteiger partial charge in [0.15, 0.2) is 0 Å². The molecule has 0 radical (unpaired) electrons. The Morgan fingerprint density at radius 1 is 1.29 bits per heavy atom. The normalized spacial score (nSPS) is 19.9. The summed E-state index contributed by atoms with van der Waals surface area (Å²) in [5.41, 5.74) is 1.21. The second-order valence-electron chi connectivity index (χ2n) is 6.21. The zero-order chi connectivity index (χ0) is 15.1. The Labute approximate surface area is 128 Å². The highest BCUT2D eigenvalue weighted by Gasteiger charge is 2.26. The predicted molar refractivity (Wildman–Crippen MR) is 84.9 cm³/mol. The first-order valence-electron chi connectivity index (χ1n) is 8.60. The maximum Gasteiger partial charge on any atom is 0.240 e. The van der Waals surface area contributed by atoms with Gasteiger partial charge in [-0.2, -0.15) is 0 Å². The van der Waals surface area contributed by atoms with Crippen LogP contribution in [0.5, 0.6) is 0 Å². The highest BCUT2D eigenvalue weighted by molar-refractivity contribution is 5.80. The molecule has 21 heavy (non-hydrogen) atoms. The third kappa shape index (κ3) is 4.55. The minimum Gasteiger partial charge on any atom is -0.395 e. The molecule has 2 aliphatic rings. The molecule has 120 valence electrons. The molecule has 1 amide bonds. The largest absolute Gasteiger partial charge is 0.395 e. The average Bonchev–Trinajstić information content (AvgIpc) is 3.03. The van der Waals surface area contributed by atoms with Crippen molar-refractivity contribution >= 4 is 5.91 Å². The van der Waals surface area contributed by atoms with Crippen molar-refractivity contribution in [2.75, 3.05) is 26.2 Å². The van der Waals surface area contributed by atoms with Crippen LogP contribution in [-0.2, 0) is 4.79 Å². The number of aliphatic hydroxyl groups excluding tert-OH is 1. The van der Waals surface area contributed by atoms with Gasteiger partial charge < -0.3 is 10.0 Å². The van der Waals surface area contributed by atoms with Crippen LogP contribution in [0.4, 0.5) is 0 Å². The van der Waals surface area contributed by atoms with Crippen molar-refractivity contribution in [3.05, 3.63) is 11.8 Å². The van der Waals surface area contributed by atoms with E-state index in [-0.39, 0.29) is 12.5 Å². The van der Waals surface area contributed by atoms with Crippen LogP contribution < -0.4 is 0 Å². The maximum absolute atomic E-state index is 12.7. The number of hydrogen-bond donors (Lipinski definition) is 1. The highest BCUT2D eigenvalue weighted by Crippen LogP contribution is 2.24. The van der Waals surface area contributed by atoms with Crippen LogP contribution in [0.25, 0.3) is 0 Å². The quantitative estimate of drug-likeness (QED) is 0.784. The minimum absolute atomic E-state index is 0.138. The van der Waals surface area contributed by atoms with Crippen molar-refractivity contribution < 1.29 is 9.90 Å². The van der Waals surface area contributed by atoms with Crippen LogP contribution in [0, 0.1) is 0 Å². The van der Waals surface area contributed by atoms with Gasteiger partial charge >= 0.3 is 0 Å². The van der Waals surface area contributed by atoms with Gasteiger partial charge in [-0.3, -0.25) is 9.69 Å². The molecule has 4 heteroatoms. The van der Waals surface area contributed by atoms with E-state index in [1.807, 2.05) is 4.90 Å². The van der Waals surface area contributed by atoms with E-state index < -0.39 is 0 Å². The fraction of sp³-hybridized carbons (Fsp3) is 0.824. The fourth-order valence-corrected chi connectivity index (χ4v) is 3.65. The Morgan fingerprint density at radius 3 is 2.62 bits per heavy atom. The second kappa shape index (κ2) is 8.54. The van der Waals surface area contributed by atoms with Gasteiger partial charge in [-0.15, -0.1) is 0 Å². The van der Waals surface area contributed by atoms with Crippen molar-refractivity contribution in [3.63, 3.8) is 0 Å². The minimum atomic E-state index is 0.138. The molecular weight excluding hydrogens is 264 g/mol. The van der Waals surface area contributed by atoms with Crippen LogP contribution in [-0.4, -0.2) is 53.1 Å². The predicted octanol–water partition coefficient (Wildman–Crippen LogP) is 2.53. The first kappa shape index (κ1) is 16.5. The van der Waals surface area contributed by atoms with Crippen molar-refractivity contribution in [1.29, 1.82) is 0 Å². The van der Waals surface area contributed by atoms with Gasteiger partial charge in [0.2, 0.25) is 5.91 Å². The Kier molecular flexibility index (Phi) is 6.71. The van der Waals surface area contributed by atoms with E-state index in [4.69, 9.17) is 0 Å². The summed E-state index contributed by atoms with van der Waals surface area (Å²) >= 11 is 0. The molecule has 1 saturated carbocycles. The molecule has 1 N–H and O–H groups in total. The molecule has 0 heterocycles. The van der Waals surface area contributed by atoms with E-state index in [0.717, 1.165) is 19.4 Å². The molecule has 0 bridgehead atoms. The van der Waals surface area contributed by atoms with E-state index in [9.17, 15) is 9.90 Å². The lowest BCUT2D eigenvalue weighted by Crippen LogP contribution is -2.44. The second-order valence-corrected chi connectivity index (χ2v) is 6.21. The molecule has 2 rings (SSSR count). The molecule has 0 saturated heterocycles. The number of allylic oxidation sites excluding steroid dienone is 2. The van der Waals surface area contributed by atoms with Crippen molar-refractivity contribution in [2.45, 2.75) is 64.3 Å². The van der Waals surface area contributed by atoms with Crippen LogP contribution >= 0.6 is 0 Å². The average molecular weight is 294 g/mol. The van der Waals surface area contributed by atoms with Gasteiger partial charge in [-0.25, -0.2) is 0 Å². The van der Waals surface area contributed by atoms with Crippen LogP contribution in [0.15, 0.2) is 11.8 Å². The van der Waals surface area contributed by atoms with Crippen molar-refractivity contribution in [2.24, 2.45) is 0 Å². The van der Waals surface area contributed by atoms with E-state index in [1.165, 1.54) is 44.2 Å². The third-order valence-corrected chi connectivity index (χ3v) is 4.80. The van der Waals surface area contributed by atoms with Gasteiger partial charge in [0.05, 0.1) is 13.2 Å². The lowest BCUT2D eigenvalue weighted by molar-refractivity contribution is -0.131. The summed E-state index contributed by atoms with van der Waals surface area (Å²) < 4.78 is 0. The van der Waals surface area contributed by atoms with Crippen LogP contribution in [0.3, 0.4) is 0 Å². The summed E-state index contributed by atoms with van der Waals surface area (Å²) in [4.78, 5) is 16.8. The van der Waals surface area contributed by atoms with E-state index >= 15 is 0 Å². The maximum atomic E-state index is 12.7. The lowest BCUT2D eigenvalue weighted by Gasteiger charge is -2.32. The zero-order valence-electron chi connectivity index (χ0n) is 13.4. The summed E-state index contributed by atoms with van der Waals surface area (Å²) in [6.07, 6.45) is 11.6. The molecule has 0 unspecified atom stereocenters. The zero-order valence-corrected chi connectivity index (χ0v) is 13.4. The van der Waals surface area contributed by atoms with E-state index in [1.54, 1.807) is 0 Å². The van der Waals surface area contributed by atoms with Crippen LogP contribution in [0.2, 0.25) is 0 Å². The number of likely N-dealkylation sites (N-methyl/N-ethyl adjacent to an activating group) is 1. The molecular formula is C17H30N2O2. The molecule has 0 aromatic rings. The van der Waals surface area contributed by atoms with Gasteiger partial charge in [-0.05, 0) is 45.4 Å². The Morgan fingerprint density at radius 2 is 2.05 bits per heavy atom. The standard InChI is InChI=1S/C17H30N2O2/c1-2-19(16-10-4-3-5-11-16)17(21)14-18(12-13-20)15-8-6-7-9-15/h10,15,20H,2-9,11-14H2,1H3. The number of carbonyl (C=O) groups is 1. The van der Waals surface area contributed by atoms with Crippen LogP contribution in [0.1, 0.15) is 58.3 Å². The first-order valence-corrected chi connectivity index (χ1v) is 8.60. The summed E-state index contributed by atoms with van der Waals surface area (Å²) in [5.74, 6) is 0.200. The van der Waals surface area contributed by atoms with Gasteiger partial charge in [-0.1, -0.05) is 18.9 Å². The summed E-state index contributed by atoms with van der Waals surface area (Å²) in [6.45, 7) is 4.02. The first-order chi connectivity index (χ1) is 10.3. The molecule has 0 spiro atoms.